The maximum atomic E-state index is 12.4. The number of anilines is 1. The summed E-state index contributed by atoms with van der Waals surface area (Å²) < 4.78 is 21.5. The number of β-lactam (4-membered cyclic amide) rings is 1. The summed E-state index contributed by atoms with van der Waals surface area (Å²) in [6.45, 7) is 0.401. The Hall–Kier alpha value is -2.93. The minimum atomic E-state index is -0.587. The highest BCUT2D eigenvalue weighted by Crippen LogP contribution is 2.44. The van der Waals surface area contributed by atoms with E-state index in [-0.39, 0.29) is 25.5 Å². The van der Waals surface area contributed by atoms with E-state index in [9.17, 15) is 4.79 Å². The van der Waals surface area contributed by atoms with Gasteiger partial charge in [-0.3, -0.25) is 4.79 Å². The Morgan fingerprint density at radius 1 is 0.875 bits per heavy atom. The van der Waals surface area contributed by atoms with Crippen LogP contribution in [0.3, 0.4) is 0 Å². The van der Waals surface area contributed by atoms with Crippen molar-refractivity contribution in [2.24, 2.45) is 5.73 Å². The van der Waals surface area contributed by atoms with E-state index in [2.05, 4.69) is 0 Å². The normalized spacial score (nSPS) is 23.4. The lowest BCUT2D eigenvalue weighted by Crippen LogP contribution is -2.63. The fraction of sp³-hybridized carbons (Fsp3) is 0.235. The monoisotopic (exact) mass is 326 g/mol. The molecule has 0 bridgehead atoms. The summed E-state index contributed by atoms with van der Waals surface area (Å²) in [7, 11) is 0. The summed E-state index contributed by atoms with van der Waals surface area (Å²) in [5.41, 5.74) is 7.70. The molecule has 7 nitrogen and oxygen atoms in total. The van der Waals surface area contributed by atoms with Gasteiger partial charge in [-0.1, -0.05) is 6.07 Å². The molecular formula is C17H14N2O5. The number of nitrogens with two attached hydrogens (primary N) is 1. The zero-order valence-corrected chi connectivity index (χ0v) is 12.6. The summed E-state index contributed by atoms with van der Waals surface area (Å²) >= 11 is 0. The third-order valence-electron chi connectivity index (χ3n) is 4.51. The SMILES string of the molecule is N[C@@H]1C(=O)N(c2ccc3c(c2)OCO3)[C@@H]1c1ccc2c(c1)OCO2. The Labute approximate surface area is 137 Å². The van der Waals surface area contributed by atoms with Gasteiger partial charge in [0, 0.05) is 11.8 Å². The molecule has 0 unspecified atom stereocenters. The molecule has 0 saturated carbocycles. The second kappa shape index (κ2) is 4.78. The van der Waals surface area contributed by atoms with Crippen LogP contribution in [0.4, 0.5) is 5.69 Å². The first-order valence-electron chi connectivity index (χ1n) is 7.60. The molecule has 0 spiro atoms. The van der Waals surface area contributed by atoms with Crippen LogP contribution in [0.1, 0.15) is 11.6 Å². The molecule has 122 valence electrons. The van der Waals surface area contributed by atoms with Crippen molar-refractivity contribution in [1.82, 2.24) is 0 Å². The van der Waals surface area contributed by atoms with Gasteiger partial charge < -0.3 is 29.6 Å². The van der Waals surface area contributed by atoms with Crippen LogP contribution in [-0.4, -0.2) is 25.5 Å². The van der Waals surface area contributed by atoms with E-state index in [1.54, 1.807) is 17.0 Å². The van der Waals surface area contributed by atoms with Gasteiger partial charge in [-0.25, -0.2) is 0 Å². The van der Waals surface area contributed by atoms with Gasteiger partial charge in [-0.2, -0.15) is 0 Å². The number of carbonyl (C=O) groups is 1. The van der Waals surface area contributed by atoms with Crippen molar-refractivity contribution in [1.29, 1.82) is 0 Å². The van der Waals surface area contributed by atoms with Gasteiger partial charge in [-0.05, 0) is 29.8 Å². The zero-order chi connectivity index (χ0) is 16.3. The quantitative estimate of drug-likeness (QED) is 0.843. The van der Waals surface area contributed by atoms with Crippen LogP contribution in [0.25, 0.3) is 0 Å². The summed E-state index contributed by atoms with van der Waals surface area (Å²) in [5.74, 6) is 2.55. The highest BCUT2D eigenvalue weighted by atomic mass is 16.7. The van der Waals surface area contributed by atoms with Gasteiger partial charge in [0.05, 0.1) is 6.04 Å². The largest absolute Gasteiger partial charge is 0.454 e. The summed E-state index contributed by atoms with van der Waals surface area (Å²) in [5, 5.41) is 0. The smallest absolute Gasteiger partial charge is 0.247 e. The zero-order valence-electron chi connectivity index (χ0n) is 12.6. The minimum Gasteiger partial charge on any atom is -0.454 e. The number of hydrogen-bond donors (Lipinski definition) is 1. The lowest BCUT2D eigenvalue weighted by molar-refractivity contribution is -0.126. The van der Waals surface area contributed by atoms with Crippen LogP contribution in [-0.2, 0) is 4.79 Å². The molecule has 3 heterocycles. The van der Waals surface area contributed by atoms with Crippen LogP contribution < -0.4 is 29.6 Å². The van der Waals surface area contributed by atoms with Gasteiger partial charge in [0.1, 0.15) is 6.04 Å². The lowest BCUT2D eigenvalue weighted by Gasteiger charge is -2.45. The molecule has 5 rings (SSSR count). The second-order valence-corrected chi connectivity index (χ2v) is 5.83. The molecule has 1 fully saturated rings. The molecule has 2 aromatic carbocycles. The first-order valence-corrected chi connectivity index (χ1v) is 7.60. The summed E-state index contributed by atoms with van der Waals surface area (Å²) in [6.07, 6.45) is 0. The number of ether oxygens (including phenoxy) is 4. The number of benzene rings is 2. The topological polar surface area (TPSA) is 83.3 Å². The van der Waals surface area contributed by atoms with Crippen molar-refractivity contribution in [3.8, 4) is 23.0 Å². The molecule has 1 saturated heterocycles. The molecule has 2 atom stereocenters. The first-order chi connectivity index (χ1) is 11.7. The van der Waals surface area contributed by atoms with E-state index >= 15 is 0 Å². The fourth-order valence-corrected chi connectivity index (χ4v) is 3.29. The number of carbonyl (C=O) groups excluding carboxylic acids is 1. The van der Waals surface area contributed by atoms with Gasteiger partial charge in [0.25, 0.3) is 0 Å². The van der Waals surface area contributed by atoms with E-state index in [1.165, 1.54) is 0 Å². The highest BCUT2D eigenvalue weighted by molar-refractivity contribution is 6.05. The predicted octanol–water partition coefficient (Wildman–Crippen LogP) is 1.56. The van der Waals surface area contributed by atoms with Crippen molar-refractivity contribution < 1.29 is 23.7 Å². The Bertz CT molecular complexity index is 853. The van der Waals surface area contributed by atoms with Crippen LogP contribution in [0, 0.1) is 0 Å². The van der Waals surface area contributed by atoms with Crippen LogP contribution >= 0.6 is 0 Å². The first kappa shape index (κ1) is 13.5. The summed E-state index contributed by atoms with van der Waals surface area (Å²) in [4.78, 5) is 14.0. The van der Waals surface area contributed by atoms with E-state index < -0.39 is 6.04 Å². The maximum Gasteiger partial charge on any atom is 0.247 e. The average Bonchev–Trinajstić information content (AvgIpc) is 3.25. The maximum absolute atomic E-state index is 12.4. The number of nitrogens with zero attached hydrogens (tertiary/aromatic N) is 1. The van der Waals surface area contributed by atoms with Gasteiger partial charge in [-0.15, -0.1) is 0 Å². The molecule has 2 aromatic rings. The van der Waals surface area contributed by atoms with Crippen LogP contribution in [0.2, 0.25) is 0 Å². The molecular weight excluding hydrogens is 312 g/mol. The van der Waals surface area contributed by atoms with Crippen molar-refractivity contribution >= 4 is 11.6 Å². The number of fused-ring (bicyclic) bond motifs is 2. The van der Waals surface area contributed by atoms with Crippen molar-refractivity contribution in [3.05, 3.63) is 42.0 Å². The van der Waals surface area contributed by atoms with E-state index in [0.29, 0.717) is 23.0 Å². The van der Waals surface area contributed by atoms with E-state index in [4.69, 9.17) is 24.7 Å². The molecule has 24 heavy (non-hydrogen) atoms. The molecule has 0 radical (unpaired) electrons. The number of rotatable bonds is 2. The summed E-state index contributed by atoms with van der Waals surface area (Å²) in [6, 6.07) is 10.2. The second-order valence-electron chi connectivity index (χ2n) is 5.83. The fourth-order valence-electron chi connectivity index (χ4n) is 3.29. The molecule has 0 aliphatic carbocycles. The molecule has 3 aliphatic rings. The Balaban J connectivity index is 1.52. The molecule has 7 heteroatoms. The third kappa shape index (κ3) is 1.78. The standard InChI is InChI=1S/C17H14N2O5/c18-15-16(9-1-3-11-13(5-9)23-7-21-11)19(17(15)20)10-2-4-12-14(6-10)24-8-22-12/h1-6,15-16H,7-8,18H2/t15-,16+/m0/s1. The highest BCUT2D eigenvalue weighted by Gasteiger charge is 2.47. The Morgan fingerprint density at radius 3 is 2.25 bits per heavy atom. The predicted molar refractivity (Wildman–Crippen MR) is 83.3 cm³/mol. The van der Waals surface area contributed by atoms with Crippen LogP contribution in [0.15, 0.2) is 36.4 Å². The molecule has 0 aromatic heterocycles. The molecule has 2 N–H and O–H groups in total. The Morgan fingerprint density at radius 2 is 1.50 bits per heavy atom. The van der Waals surface area contributed by atoms with E-state index in [0.717, 1.165) is 11.3 Å². The third-order valence-corrected chi connectivity index (χ3v) is 4.51. The van der Waals surface area contributed by atoms with Gasteiger partial charge >= 0.3 is 0 Å². The molecule has 3 aliphatic heterocycles. The van der Waals surface area contributed by atoms with Crippen LogP contribution in [0.5, 0.6) is 23.0 Å². The van der Waals surface area contributed by atoms with Crippen molar-refractivity contribution in [3.63, 3.8) is 0 Å². The average molecular weight is 326 g/mol. The number of hydrogen-bond acceptors (Lipinski definition) is 6. The number of amides is 1. The lowest BCUT2D eigenvalue weighted by atomic mass is 9.88. The molecule has 1 amide bonds. The van der Waals surface area contributed by atoms with Gasteiger partial charge in [0.2, 0.25) is 19.5 Å². The Kier molecular flexibility index (Phi) is 2.69. The minimum absolute atomic E-state index is 0.128. The van der Waals surface area contributed by atoms with E-state index in [1.807, 2.05) is 24.3 Å². The van der Waals surface area contributed by atoms with Crippen molar-refractivity contribution in [2.45, 2.75) is 12.1 Å². The van der Waals surface area contributed by atoms with Gasteiger partial charge in [0.15, 0.2) is 23.0 Å². The van der Waals surface area contributed by atoms with Crippen molar-refractivity contribution in [2.75, 3.05) is 18.5 Å².